The van der Waals surface area contributed by atoms with Crippen LogP contribution < -0.4 is 16.6 Å². The fourth-order valence-electron chi connectivity index (χ4n) is 5.64. The molecule has 1 amide bonds. The summed E-state index contributed by atoms with van der Waals surface area (Å²) in [6.45, 7) is 11.0. The zero-order valence-corrected chi connectivity index (χ0v) is 33.2. The molecule has 1 fully saturated rings. The molecule has 2 unspecified atom stereocenters. The van der Waals surface area contributed by atoms with Gasteiger partial charge in [-0.1, -0.05) is 61.4 Å². The molecule has 0 saturated carbocycles. The van der Waals surface area contributed by atoms with Gasteiger partial charge in [0.2, 0.25) is 11.0 Å². The number of Topliss-reactive ketones (excluding diaryl/α,β-unsaturated/α-hetero) is 1. The number of carbonyl (C=O) groups is 3. The van der Waals surface area contributed by atoms with Crippen LogP contribution in [0.3, 0.4) is 0 Å². The van der Waals surface area contributed by atoms with E-state index in [-0.39, 0.29) is 47.8 Å². The number of thioether (sulfide) groups is 1. The predicted molar refractivity (Wildman–Crippen MR) is 212 cm³/mol. The van der Waals surface area contributed by atoms with Gasteiger partial charge in [0.25, 0.3) is 5.56 Å². The normalized spacial score (nSPS) is 18.3. The molecular formula is C38H56N5O8PS. The summed E-state index contributed by atoms with van der Waals surface area (Å²) in [6, 6.07) is 9.24. The molecule has 1 aromatic heterocycles. The van der Waals surface area contributed by atoms with E-state index in [1.54, 1.807) is 12.1 Å². The number of aromatic amines is 1. The number of aromatic nitrogens is 2. The molecule has 1 aliphatic rings. The zero-order chi connectivity index (χ0) is 39.5. The number of benzene rings is 1. The van der Waals surface area contributed by atoms with Crippen LogP contribution in [0.15, 0.2) is 57.2 Å². The van der Waals surface area contributed by atoms with Gasteiger partial charge in [0, 0.05) is 69.4 Å². The number of nitrogens with one attached hydrogen (secondary N) is 2. The third kappa shape index (κ3) is 15.1. The van der Waals surface area contributed by atoms with Crippen molar-refractivity contribution in [3.05, 3.63) is 74.6 Å². The van der Waals surface area contributed by atoms with Crippen LogP contribution in [-0.4, -0.2) is 80.6 Å². The molecule has 53 heavy (non-hydrogen) atoms. The molecular weight excluding hydrogens is 717 g/mol. The highest BCUT2D eigenvalue weighted by atomic mass is 32.2. The molecule has 2 aromatic rings. The largest absolute Gasteiger partial charge is 0.425 e. The van der Waals surface area contributed by atoms with Gasteiger partial charge in [0.15, 0.2) is 6.40 Å². The van der Waals surface area contributed by atoms with Crippen molar-refractivity contribution in [2.45, 2.75) is 123 Å². The Morgan fingerprint density at radius 3 is 2.53 bits per heavy atom. The summed E-state index contributed by atoms with van der Waals surface area (Å²) in [5.41, 5.74) is -0.568. The summed E-state index contributed by atoms with van der Waals surface area (Å²) in [7, 11) is -1.60. The molecule has 0 radical (unpaired) electrons. The van der Waals surface area contributed by atoms with E-state index in [4.69, 9.17) is 15.2 Å². The van der Waals surface area contributed by atoms with Crippen LogP contribution in [0.4, 0.5) is 0 Å². The van der Waals surface area contributed by atoms with E-state index in [2.05, 4.69) is 20.0 Å². The highest BCUT2D eigenvalue weighted by Crippen LogP contribution is 2.49. The maximum atomic E-state index is 12.9. The standard InChI is InChI=1S/C38H56N5O8PS/c1-7-39-26-49-52(43(27(2)3)28(4)5)51-33-24-35(50-29(33)6)42-25-31(36(46)41-38(42)48)19-20-34(45)40-22-15-10-8-9-14-18-32(44)21-23-53-37(47)30-16-12-11-13-17-30/h11-13,16-17,19-20,25-29,33,35H,7-10,14-15,18,21-24H2,1-6H3,(H,40,45)(H,41,46,48)/b20-19+,39-26?/t29-,33?,35-,52?/m1/s1/i6D. The summed E-state index contributed by atoms with van der Waals surface area (Å²) in [4.78, 5) is 68.8. The Morgan fingerprint density at radius 1 is 1.11 bits per heavy atom. The van der Waals surface area contributed by atoms with Crippen LogP contribution in [0.1, 0.15) is 116 Å². The number of unbranched alkanes of at least 4 members (excludes halogenated alkanes) is 4. The van der Waals surface area contributed by atoms with E-state index in [0.29, 0.717) is 37.2 Å². The number of ether oxygens (including phenoxy) is 1. The fourth-order valence-corrected chi connectivity index (χ4v) is 8.08. The van der Waals surface area contributed by atoms with Crippen LogP contribution in [0.2, 0.25) is 0 Å². The Kier molecular flexibility index (Phi) is 18.7. The first-order valence-electron chi connectivity index (χ1n) is 19.1. The third-order valence-corrected chi connectivity index (χ3v) is 11.3. The van der Waals surface area contributed by atoms with Gasteiger partial charge in [-0.05, 0) is 60.4 Å². The lowest BCUT2D eigenvalue weighted by atomic mass is 10.1. The van der Waals surface area contributed by atoms with Crippen molar-refractivity contribution in [2.24, 2.45) is 4.99 Å². The molecule has 4 atom stereocenters. The van der Waals surface area contributed by atoms with Crippen molar-refractivity contribution < 1.29 is 29.5 Å². The molecule has 15 heteroatoms. The van der Waals surface area contributed by atoms with Crippen molar-refractivity contribution >= 4 is 49.6 Å². The fraction of sp³-hybridized carbons (Fsp3) is 0.579. The van der Waals surface area contributed by atoms with Crippen LogP contribution in [0.25, 0.3) is 6.08 Å². The van der Waals surface area contributed by atoms with Gasteiger partial charge in [0.05, 0.1) is 17.8 Å². The molecule has 292 valence electrons. The Labute approximate surface area is 319 Å². The van der Waals surface area contributed by atoms with Gasteiger partial charge in [0.1, 0.15) is 12.0 Å². The third-order valence-electron chi connectivity index (χ3n) is 8.32. The Bertz CT molecular complexity index is 1650. The van der Waals surface area contributed by atoms with Gasteiger partial charge in [-0.25, -0.2) is 9.46 Å². The van der Waals surface area contributed by atoms with Gasteiger partial charge in [-0.3, -0.25) is 33.7 Å². The van der Waals surface area contributed by atoms with E-state index in [0.717, 1.165) is 32.1 Å². The van der Waals surface area contributed by atoms with Crippen molar-refractivity contribution in [1.29, 1.82) is 0 Å². The smallest absolute Gasteiger partial charge is 0.330 e. The lowest BCUT2D eigenvalue weighted by molar-refractivity contribution is -0.119. The number of nitrogens with zero attached hydrogens (tertiary/aromatic N) is 3. The van der Waals surface area contributed by atoms with Crippen LogP contribution in [0.5, 0.6) is 0 Å². The number of amides is 1. The molecule has 2 heterocycles. The SMILES string of the molecule is [2H]C[C@H]1O[C@@H](n2cc(/C=C/C(=O)NCCCCCCCC(=O)CCSC(=O)c3ccccc3)c(=O)[nH]c2=O)CC1OP(OC=NCC)N(C(C)C)C(C)C. The topological polar surface area (TPSA) is 161 Å². The lowest BCUT2D eigenvalue weighted by Crippen LogP contribution is -2.35. The van der Waals surface area contributed by atoms with Crippen LogP contribution in [0, 0.1) is 0 Å². The molecule has 0 spiro atoms. The molecule has 1 aliphatic heterocycles. The summed E-state index contributed by atoms with van der Waals surface area (Å²) >= 11 is 1.18. The summed E-state index contributed by atoms with van der Waals surface area (Å²) in [5.74, 6) is 0.275. The predicted octanol–water partition coefficient (Wildman–Crippen LogP) is 6.64. The number of aliphatic imine (C=N–C) groups is 1. The summed E-state index contributed by atoms with van der Waals surface area (Å²) < 4.78 is 29.9. The average molecular weight is 775 g/mol. The second-order valence-electron chi connectivity index (χ2n) is 13.2. The van der Waals surface area contributed by atoms with Crippen molar-refractivity contribution in [1.82, 2.24) is 19.5 Å². The van der Waals surface area contributed by atoms with E-state index >= 15 is 0 Å². The minimum absolute atomic E-state index is 0.0186. The average Bonchev–Trinajstić information content (AvgIpc) is 3.54. The van der Waals surface area contributed by atoms with Crippen molar-refractivity contribution in [3.8, 4) is 0 Å². The highest BCUT2D eigenvalue weighted by molar-refractivity contribution is 8.14. The first-order valence-corrected chi connectivity index (χ1v) is 20.5. The number of hydrogen-bond donors (Lipinski definition) is 2. The zero-order valence-electron chi connectivity index (χ0n) is 32.5. The quantitative estimate of drug-likeness (QED) is 0.0412. The number of H-pyrrole nitrogens is 1. The van der Waals surface area contributed by atoms with Crippen molar-refractivity contribution in [2.75, 3.05) is 18.8 Å². The highest BCUT2D eigenvalue weighted by Gasteiger charge is 2.40. The first kappa shape index (κ1) is 42.3. The molecule has 1 saturated heterocycles. The Balaban J connectivity index is 1.43. The van der Waals surface area contributed by atoms with Crippen LogP contribution in [-0.2, 0) is 23.4 Å². The first-order chi connectivity index (χ1) is 25.9. The van der Waals surface area contributed by atoms with Gasteiger partial charge >= 0.3 is 14.2 Å². The van der Waals surface area contributed by atoms with E-state index in [1.165, 1.54) is 41.1 Å². The van der Waals surface area contributed by atoms with Gasteiger partial charge in [-0.15, -0.1) is 0 Å². The Morgan fingerprint density at radius 2 is 1.83 bits per heavy atom. The second kappa shape index (κ2) is 23.4. The number of ketones is 1. The molecule has 0 bridgehead atoms. The minimum Gasteiger partial charge on any atom is -0.425 e. The molecule has 2 N–H and O–H groups in total. The maximum absolute atomic E-state index is 12.9. The van der Waals surface area contributed by atoms with E-state index in [9.17, 15) is 24.0 Å². The number of carbonyl (C=O) groups excluding carboxylic acids is 3. The van der Waals surface area contributed by atoms with Crippen LogP contribution >= 0.6 is 20.3 Å². The lowest BCUT2D eigenvalue weighted by Gasteiger charge is -2.36. The van der Waals surface area contributed by atoms with E-state index < -0.39 is 38.2 Å². The Hall–Kier alpha value is -3.42. The number of hydrogen-bond acceptors (Lipinski definition) is 11. The summed E-state index contributed by atoms with van der Waals surface area (Å²) in [5, 5.41) is 2.79. The molecule has 13 nitrogen and oxygen atoms in total. The monoisotopic (exact) mass is 774 g/mol. The summed E-state index contributed by atoms with van der Waals surface area (Å²) in [6.07, 6.45) is 8.75. The number of rotatable bonds is 23. The molecule has 3 rings (SSSR count). The molecule has 1 aromatic carbocycles. The molecule has 0 aliphatic carbocycles. The maximum Gasteiger partial charge on any atom is 0.330 e. The van der Waals surface area contributed by atoms with Crippen molar-refractivity contribution in [3.63, 3.8) is 0 Å². The van der Waals surface area contributed by atoms with Gasteiger partial charge < -0.3 is 19.1 Å². The minimum atomic E-state index is -1.60. The second-order valence-corrected chi connectivity index (χ2v) is 15.6. The van der Waals surface area contributed by atoms with E-state index in [1.807, 2.05) is 52.8 Å². The van der Waals surface area contributed by atoms with Gasteiger partial charge in [-0.2, -0.15) is 0 Å².